The van der Waals surface area contributed by atoms with Crippen molar-refractivity contribution < 1.29 is 53.3 Å². The highest BCUT2D eigenvalue weighted by Crippen LogP contribution is 2.47. The highest BCUT2D eigenvalue weighted by Gasteiger charge is 2.53. The molecule has 2 aliphatic heterocycles. The molecule has 0 amide bonds. The van der Waals surface area contributed by atoms with Crippen molar-refractivity contribution in [2.75, 3.05) is 27.1 Å². The highest BCUT2D eigenvalue weighted by molar-refractivity contribution is 5.89. The van der Waals surface area contributed by atoms with E-state index in [0.717, 1.165) is 0 Å². The first-order valence-electron chi connectivity index (χ1n) is 18.0. The number of ether oxygens (including phenoxy) is 5. The predicted octanol–water partition coefficient (Wildman–Crippen LogP) is 4.84. The summed E-state index contributed by atoms with van der Waals surface area (Å²) in [5.74, 6) is -3.50. The summed E-state index contributed by atoms with van der Waals surface area (Å²) in [6, 6.07) is 0. The molecule has 49 heavy (non-hydrogen) atoms. The first kappa shape index (κ1) is 43.9. The van der Waals surface area contributed by atoms with Crippen LogP contribution in [0.25, 0.3) is 0 Å². The van der Waals surface area contributed by atoms with E-state index in [1.54, 1.807) is 41.5 Å². The zero-order valence-electron chi connectivity index (χ0n) is 32.4. The standard InChI is InChI=1S/C37H68FNO10/c1-14-26-37(12,44)31(40)22(3)28(39-20-46-17-15-16-38)21(2)18-35(10,43)30(34(7,8)9)23(4)29(24(5)33(42)48-26)49-27-19-36(11,45-13)32(41)25(6)47-27/h21-27,29-32,40-41,43-44H,14-20H2,1-13H3/t21-,22+,23+,24-,25+,26-,27+,29+,30+,31-,32+,35-,36-,37-/m1/s1. The molecule has 0 aliphatic carbocycles. The average Bonchev–Trinajstić information content (AvgIpc) is 2.99. The van der Waals surface area contributed by atoms with E-state index in [-0.39, 0.29) is 44.9 Å². The molecule has 12 heteroatoms. The van der Waals surface area contributed by atoms with Crippen molar-refractivity contribution in [3.05, 3.63) is 0 Å². The van der Waals surface area contributed by atoms with Crippen LogP contribution in [0.4, 0.5) is 4.39 Å². The van der Waals surface area contributed by atoms with Gasteiger partial charge in [0.25, 0.3) is 0 Å². The molecule has 2 heterocycles. The zero-order chi connectivity index (χ0) is 37.7. The number of halogens is 1. The van der Waals surface area contributed by atoms with Crippen LogP contribution < -0.4 is 0 Å². The number of hydrogen-bond donors (Lipinski definition) is 4. The van der Waals surface area contributed by atoms with Crippen LogP contribution in [0.2, 0.25) is 0 Å². The molecule has 0 radical (unpaired) electrons. The van der Waals surface area contributed by atoms with E-state index in [1.807, 2.05) is 34.6 Å². The van der Waals surface area contributed by atoms with Gasteiger partial charge in [-0.15, -0.1) is 0 Å². The molecule has 0 unspecified atom stereocenters. The Kier molecular flexibility index (Phi) is 15.7. The quantitative estimate of drug-likeness (QED) is 0.193. The molecule has 11 nitrogen and oxygen atoms in total. The summed E-state index contributed by atoms with van der Waals surface area (Å²) < 4.78 is 42.8. The van der Waals surface area contributed by atoms with Gasteiger partial charge >= 0.3 is 5.97 Å². The number of methoxy groups -OCH3 is 1. The largest absolute Gasteiger partial charge is 0.459 e. The Morgan fingerprint density at radius 2 is 1.61 bits per heavy atom. The van der Waals surface area contributed by atoms with E-state index in [9.17, 15) is 29.6 Å². The number of nitrogens with zero attached hydrogens (tertiary/aromatic N) is 1. The second kappa shape index (κ2) is 17.5. The highest BCUT2D eigenvalue weighted by atomic mass is 19.1. The second-order valence-corrected chi connectivity index (χ2v) is 16.4. The first-order chi connectivity index (χ1) is 22.5. The van der Waals surface area contributed by atoms with Crippen LogP contribution in [-0.2, 0) is 28.5 Å². The lowest BCUT2D eigenvalue weighted by Crippen LogP contribution is -2.59. The molecule has 0 aromatic rings. The van der Waals surface area contributed by atoms with Gasteiger partial charge in [-0.3, -0.25) is 14.2 Å². The Morgan fingerprint density at radius 1 is 1.00 bits per heavy atom. The van der Waals surface area contributed by atoms with Crippen molar-refractivity contribution in [1.82, 2.24) is 0 Å². The van der Waals surface area contributed by atoms with Gasteiger partial charge in [0.15, 0.2) is 6.29 Å². The van der Waals surface area contributed by atoms with Crippen LogP contribution in [0.3, 0.4) is 0 Å². The predicted molar refractivity (Wildman–Crippen MR) is 186 cm³/mol. The Bertz CT molecular complexity index is 1080. The van der Waals surface area contributed by atoms with Gasteiger partial charge < -0.3 is 44.1 Å². The first-order valence-corrected chi connectivity index (χ1v) is 18.0. The summed E-state index contributed by atoms with van der Waals surface area (Å²) >= 11 is 0. The van der Waals surface area contributed by atoms with E-state index in [2.05, 4.69) is 4.99 Å². The lowest BCUT2D eigenvalue weighted by molar-refractivity contribution is -0.299. The van der Waals surface area contributed by atoms with E-state index in [0.29, 0.717) is 5.71 Å². The number of aliphatic hydroxyl groups is 4. The number of aliphatic imine (C=N–C) groups is 1. The Morgan fingerprint density at radius 3 is 2.14 bits per heavy atom. The number of cyclic esters (lactones) is 1. The third kappa shape index (κ3) is 10.4. The number of alkyl halides is 1. The van der Waals surface area contributed by atoms with Gasteiger partial charge in [-0.1, -0.05) is 48.5 Å². The summed E-state index contributed by atoms with van der Waals surface area (Å²) in [6.45, 7) is 21.6. The maximum Gasteiger partial charge on any atom is 0.311 e. The van der Waals surface area contributed by atoms with Crippen LogP contribution in [0.15, 0.2) is 4.99 Å². The van der Waals surface area contributed by atoms with Crippen molar-refractivity contribution >= 4 is 11.7 Å². The molecule has 2 aliphatic rings. The molecule has 288 valence electrons. The molecule has 2 saturated heterocycles. The summed E-state index contributed by atoms with van der Waals surface area (Å²) in [5, 5.41) is 46.8. The monoisotopic (exact) mass is 705 g/mol. The molecule has 0 saturated carbocycles. The number of carbonyl (C=O) groups excluding carboxylic acids is 1. The number of hydrogen-bond acceptors (Lipinski definition) is 11. The van der Waals surface area contributed by atoms with Crippen molar-refractivity contribution in [3.8, 4) is 0 Å². The second-order valence-electron chi connectivity index (χ2n) is 16.4. The molecule has 4 N–H and O–H groups in total. The molecule has 2 fully saturated rings. The molecule has 14 atom stereocenters. The molecule has 0 aromatic heterocycles. The van der Waals surface area contributed by atoms with Crippen molar-refractivity contribution in [2.24, 2.45) is 40.0 Å². The fraction of sp³-hybridized carbons (Fsp3) is 0.946. The fourth-order valence-corrected chi connectivity index (χ4v) is 8.74. The van der Waals surface area contributed by atoms with E-state index >= 15 is 0 Å². The lowest BCUT2D eigenvalue weighted by Gasteiger charge is -2.51. The van der Waals surface area contributed by atoms with Crippen molar-refractivity contribution in [2.45, 2.75) is 162 Å². The smallest absolute Gasteiger partial charge is 0.311 e. The van der Waals surface area contributed by atoms with Gasteiger partial charge in [0.05, 0.1) is 48.7 Å². The maximum absolute atomic E-state index is 14.1. The van der Waals surface area contributed by atoms with E-state index in [4.69, 9.17) is 23.7 Å². The molecule has 2 rings (SSSR count). The molecule has 0 spiro atoms. The van der Waals surface area contributed by atoms with Crippen LogP contribution in [-0.4, -0.2) is 113 Å². The van der Waals surface area contributed by atoms with E-state index in [1.165, 1.54) is 14.0 Å². The Balaban J connectivity index is 2.74. The molecule has 0 aromatic carbocycles. The third-order valence-electron chi connectivity index (χ3n) is 11.1. The van der Waals surface area contributed by atoms with Gasteiger partial charge in [0.1, 0.15) is 24.5 Å². The minimum atomic E-state index is -1.87. The minimum absolute atomic E-state index is 0.0748. The number of rotatable bonds is 9. The van der Waals surface area contributed by atoms with Crippen molar-refractivity contribution in [3.63, 3.8) is 0 Å². The average molecular weight is 706 g/mol. The minimum Gasteiger partial charge on any atom is -0.459 e. The summed E-state index contributed by atoms with van der Waals surface area (Å²) in [7, 11) is 1.52. The SMILES string of the molecule is CC[C@H]1OC(=O)[C@H](C)[C@@H](O[C@H]2C[C@@](C)(OC)[C@@H](O)[C@H](C)O2)[C@H](C)[C@@H](C(C)(C)C)[C@](C)(O)C[C@@H](C)C(=NCOCCCF)[C@H](C)[C@@H](O)[C@]1(C)O. The number of aliphatic hydroxyl groups excluding tert-OH is 2. The topological polar surface area (TPSA) is 156 Å². The van der Waals surface area contributed by atoms with Crippen LogP contribution in [0, 0.1) is 35.0 Å². The maximum atomic E-state index is 14.1. The van der Waals surface area contributed by atoms with Gasteiger partial charge in [-0.05, 0) is 77.0 Å². The van der Waals surface area contributed by atoms with Gasteiger partial charge in [0.2, 0.25) is 0 Å². The van der Waals surface area contributed by atoms with Gasteiger partial charge in [-0.2, -0.15) is 0 Å². The van der Waals surface area contributed by atoms with Gasteiger partial charge in [0, 0.05) is 25.2 Å². The zero-order valence-corrected chi connectivity index (χ0v) is 32.4. The Hall–Kier alpha value is -1.25. The number of esters is 1. The fourth-order valence-electron chi connectivity index (χ4n) is 8.74. The summed E-state index contributed by atoms with van der Waals surface area (Å²) in [5.41, 5.74) is -4.16. The summed E-state index contributed by atoms with van der Waals surface area (Å²) in [6.07, 6.45) is -4.81. The molecular weight excluding hydrogens is 637 g/mol. The van der Waals surface area contributed by atoms with Crippen LogP contribution >= 0.6 is 0 Å². The van der Waals surface area contributed by atoms with E-state index < -0.39 is 95.3 Å². The van der Waals surface area contributed by atoms with Crippen molar-refractivity contribution in [1.29, 1.82) is 0 Å². The van der Waals surface area contributed by atoms with Gasteiger partial charge in [-0.25, -0.2) is 0 Å². The number of carbonyl (C=O) groups is 1. The lowest BCUT2D eigenvalue weighted by atomic mass is 9.60. The summed E-state index contributed by atoms with van der Waals surface area (Å²) in [4.78, 5) is 18.7. The normalized spacial score (nSPS) is 44.4. The van der Waals surface area contributed by atoms with Crippen LogP contribution in [0.1, 0.15) is 109 Å². The third-order valence-corrected chi connectivity index (χ3v) is 11.1. The molecular formula is C37H68FNO10. The molecule has 0 bridgehead atoms. The van der Waals surface area contributed by atoms with Crippen LogP contribution in [0.5, 0.6) is 0 Å². The Labute approximate surface area is 294 Å².